The highest BCUT2D eigenvalue weighted by Crippen LogP contribution is 2.36. The van der Waals surface area contributed by atoms with Gasteiger partial charge in [-0.05, 0) is 37.1 Å². The number of fused-ring (bicyclic) bond motifs is 2. The van der Waals surface area contributed by atoms with Gasteiger partial charge in [0, 0.05) is 0 Å². The van der Waals surface area contributed by atoms with Crippen LogP contribution in [0.2, 0.25) is 0 Å². The number of phosphoric acid groups is 1. The maximum absolute atomic E-state index is 12.2. The van der Waals surface area contributed by atoms with Crippen molar-refractivity contribution in [2.45, 2.75) is 32.6 Å². The summed E-state index contributed by atoms with van der Waals surface area (Å²) >= 11 is 0. The van der Waals surface area contributed by atoms with E-state index in [0.717, 1.165) is 11.1 Å². The normalized spacial score (nSPS) is 14.4. The van der Waals surface area contributed by atoms with Crippen molar-refractivity contribution in [3.05, 3.63) is 44.1 Å². The molecule has 0 amide bonds. The summed E-state index contributed by atoms with van der Waals surface area (Å²) in [5.41, 5.74) is 0.833. The van der Waals surface area contributed by atoms with E-state index in [4.69, 9.17) is 9.79 Å². The minimum Gasteiger partial charge on any atom is -0.388 e. The summed E-state index contributed by atoms with van der Waals surface area (Å²) in [7, 11) is -4.83. The molecule has 0 spiro atoms. The molecule has 0 aliphatic carbocycles. The Morgan fingerprint density at radius 3 is 2.45 bits per heavy atom. The van der Waals surface area contributed by atoms with E-state index >= 15 is 0 Å². The first kappa shape index (κ1) is 21.2. The van der Waals surface area contributed by atoms with Crippen LogP contribution in [0.5, 0.6) is 0 Å². The largest absolute Gasteiger partial charge is 0.469 e. The molecule has 2 aliphatic heterocycles. The van der Waals surface area contributed by atoms with Gasteiger partial charge in [-0.3, -0.25) is 14.3 Å². The molecule has 0 saturated carbocycles. The van der Waals surface area contributed by atoms with Gasteiger partial charge < -0.3 is 24.6 Å². The second-order valence-electron chi connectivity index (χ2n) is 6.61. The van der Waals surface area contributed by atoms with Crippen molar-refractivity contribution in [1.29, 1.82) is 0 Å². The average molecular weight is 426 g/mol. The number of hydrogen-bond acceptors (Lipinski definition) is 8. The van der Waals surface area contributed by atoms with Crippen LogP contribution in [0.25, 0.3) is 22.6 Å². The summed E-state index contributed by atoms with van der Waals surface area (Å²) in [6, 6.07) is 3.46. The summed E-state index contributed by atoms with van der Waals surface area (Å²) in [6.45, 7) is 2.52. The Hall–Kier alpha value is -2.47. The second-order valence-corrected chi connectivity index (χ2v) is 7.85. The predicted octanol–water partition coefficient (Wildman–Crippen LogP) is -0.967. The highest BCUT2D eigenvalue weighted by atomic mass is 31.2. The van der Waals surface area contributed by atoms with Crippen molar-refractivity contribution in [2.75, 3.05) is 6.61 Å². The number of aliphatic hydroxyl groups is 2. The van der Waals surface area contributed by atoms with Crippen molar-refractivity contribution in [1.82, 2.24) is 19.5 Å². The SMILES string of the molecule is Cc1cc2nc3c(=O)[nH]c(=O)nc-3n(CC(O)C(O)COP(=O)(O)O)c2cc1C. The van der Waals surface area contributed by atoms with Crippen molar-refractivity contribution in [2.24, 2.45) is 0 Å². The molecule has 13 heteroatoms. The minimum absolute atomic E-state index is 0.100. The second kappa shape index (κ2) is 7.75. The van der Waals surface area contributed by atoms with Gasteiger partial charge in [-0.25, -0.2) is 14.3 Å². The van der Waals surface area contributed by atoms with E-state index in [-0.39, 0.29) is 18.1 Å². The highest BCUT2D eigenvalue weighted by molar-refractivity contribution is 7.46. The third kappa shape index (κ3) is 4.58. The maximum Gasteiger partial charge on any atom is 0.469 e. The Balaban J connectivity index is 2.13. The zero-order chi connectivity index (χ0) is 21.5. The molecule has 3 rings (SSSR count). The van der Waals surface area contributed by atoms with E-state index in [0.29, 0.717) is 11.0 Å². The van der Waals surface area contributed by atoms with Crippen LogP contribution in [-0.2, 0) is 15.6 Å². The van der Waals surface area contributed by atoms with Crippen LogP contribution in [-0.4, -0.2) is 58.3 Å². The summed E-state index contributed by atoms with van der Waals surface area (Å²) < 4.78 is 16.4. The summed E-state index contributed by atoms with van der Waals surface area (Å²) in [4.78, 5) is 51.5. The number of aromatic nitrogens is 4. The van der Waals surface area contributed by atoms with Crippen LogP contribution in [0.1, 0.15) is 11.1 Å². The molecule has 1 aromatic carbocycles. The fourth-order valence-electron chi connectivity index (χ4n) is 2.83. The first-order chi connectivity index (χ1) is 13.5. The number of hydrogen-bond donors (Lipinski definition) is 5. The third-order valence-electron chi connectivity index (χ3n) is 4.45. The van der Waals surface area contributed by atoms with Gasteiger partial charge >= 0.3 is 13.5 Å². The first-order valence-corrected chi connectivity index (χ1v) is 9.97. The number of phosphoric ester groups is 1. The molecule has 1 aromatic rings. The fourth-order valence-corrected chi connectivity index (χ4v) is 3.17. The Bertz CT molecular complexity index is 1200. The molecular formula is C16H19N4O8P. The fraction of sp³-hybridized carbons (Fsp3) is 0.375. The molecule has 0 aromatic heterocycles. The van der Waals surface area contributed by atoms with Crippen molar-refractivity contribution in [3.63, 3.8) is 0 Å². The van der Waals surface area contributed by atoms with Gasteiger partial charge in [-0.1, -0.05) is 0 Å². The van der Waals surface area contributed by atoms with Crippen LogP contribution >= 0.6 is 7.82 Å². The molecule has 2 atom stereocenters. The molecule has 156 valence electrons. The number of benzene rings is 1. The van der Waals surface area contributed by atoms with E-state index in [9.17, 15) is 24.4 Å². The molecule has 2 aliphatic rings. The van der Waals surface area contributed by atoms with E-state index in [2.05, 4.69) is 14.5 Å². The number of rotatable bonds is 6. The van der Waals surface area contributed by atoms with Crippen LogP contribution < -0.4 is 11.2 Å². The van der Waals surface area contributed by atoms with E-state index < -0.39 is 37.9 Å². The van der Waals surface area contributed by atoms with Crippen molar-refractivity contribution < 1.29 is 29.1 Å². The number of aryl methyl sites for hydroxylation is 2. The van der Waals surface area contributed by atoms with E-state index in [1.807, 2.05) is 18.8 Å². The lowest BCUT2D eigenvalue weighted by atomic mass is 10.1. The quantitative estimate of drug-likeness (QED) is 0.242. The minimum atomic E-state index is -4.83. The number of nitrogens with one attached hydrogen (secondary N) is 1. The van der Waals surface area contributed by atoms with Crippen LogP contribution in [0.3, 0.4) is 0 Å². The van der Waals surface area contributed by atoms with E-state index in [1.165, 1.54) is 4.57 Å². The predicted molar refractivity (Wildman–Crippen MR) is 101 cm³/mol. The summed E-state index contributed by atoms with van der Waals surface area (Å²) in [5, 5.41) is 20.3. The van der Waals surface area contributed by atoms with Crippen LogP contribution in [0.4, 0.5) is 0 Å². The molecule has 0 bridgehead atoms. The average Bonchev–Trinajstić information content (AvgIpc) is 2.61. The van der Waals surface area contributed by atoms with Gasteiger partial charge in [0.2, 0.25) is 0 Å². The molecule has 0 fully saturated rings. The molecule has 5 N–H and O–H groups in total. The van der Waals surface area contributed by atoms with Gasteiger partial charge in [-0.2, -0.15) is 4.98 Å². The van der Waals surface area contributed by atoms with Crippen molar-refractivity contribution in [3.8, 4) is 11.5 Å². The molecule has 0 saturated heterocycles. The van der Waals surface area contributed by atoms with Crippen molar-refractivity contribution >= 4 is 18.9 Å². The molecule has 29 heavy (non-hydrogen) atoms. The number of aliphatic hydroxyl groups excluding tert-OH is 2. The van der Waals surface area contributed by atoms with E-state index in [1.54, 1.807) is 12.1 Å². The maximum atomic E-state index is 12.2. The Morgan fingerprint density at radius 2 is 1.79 bits per heavy atom. The molecule has 12 nitrogen and oxygen atoms in total. The zero-order valence-corrected chi connectivity index (χ0v) is 16.3. The Labute approximate surface area is 163 Å². The van der Waals surface area contributed by atoms with Crippen LogP contribution in [0.15, 0.2) is 21.7 Å². The molecule has 2 unspecified atom stereocenters. The Morgan fingerprint density at radius 1 is 1.14 bits per heavy atom. The van der Waals surface area contributed by atoms with Gasteiger partial charge in [-0.15, -0.1) is 0 Å². The molecular weight excluding hydrogens is 407 g/mol. The van der Waals surface area contributed by atoms with Gasteiger partial charge in [0.25, 0.3) is 5.56 Å². The lowest BCUT2D eigenvalue weighted by molar-refractivity contribution is -0.0205. The number of aromatic amines is 1. The lowest BCUT2D eigenvalue weighted by Gasteiger charge is -2.23. The monoisotopic (exact) mass is 426 g/mol. The molecule has 0 radical (unpaired) electrons. The highest BCUT2D eigenvalue weighted by Gasteiger charge is 2.26. The summed E-state index contributed by atoms with van der Waals surface area (Å²) in [6.07, 6.45) is -3.22. The van der Waals surface area contributed by atoms with Crippen LogP contribution in [0, 0.1) is 13.8 Å². The third-order valence-corrected chi connectivity index (χ3v) is 4.94. The van der Waals surface area contributed by atoms with Gasteiger partial charge in [0.15, 0.2) is 11.5 Å². The van der Waals surface area contributed by atoms with Gasteiger partial charge in [0.1, 0.15) is 12.2 Å². The standard InChI is InChI=1S/C16H19N4O8P/c1-7-3-9-10(4-8(7)2)20(5-11(21)12(22)6-28-29(25,26)27)14-13(17-9)15(23)19-16(24)18-14/h3-4,11-12,21-22H,5-6H2,1-2H3,(H,19,23,24)(H2,25,26,27). The number of nitrogens with zero attached hydrogens (tertiary/aromatic N) is 3. The van der Waals surface area contributed by atoms with Gasteiger partial charge in [0.05, 0.1) is 24.2 Å². The number of H-pyrrole nitrogens is 1. The Kier molecular flexibility index (Phi) is 5.68. The first-order valence-electron chi connectivity index (χ1n) is 8.44. The zero-order valence-electron chi connectivity index (χ0n) is 15.4. The molecule has 2 heterocycles. The lowest BCUT2D eigenvalue weighted by Crippen LogP contribution is -2.36. The smallest absolute Gasteiger partial charge is 0.388 e. The summed E-state index contributed by atoms with van der Waals surface area (Å²) in [5.74, 6) is -0.100. The topological polar surface area (TPSA) is 188 Å².